The number of carbonyl (C=O) groups is 1. The van der Waals surface area contributed by atoms with Crippen molar-refractivity contribution in [2.75, 3.05) is 13.1 Å². The van der Waals surface area contributed by atoms with Crippen molar-refractivity contribution in [2.45, 2.75) is 25.7 Å². The van der Waals surface area contributed by atoms with Crippen LogP contribution in [0, 0.1) is 5.92 Å². The zero-order valence-corrected chi connectivity index (χ0v) is 9.61. The molecule has 1 atom stereocenters. The Kier molecular flexibility index (Phi) is 4.11. The van der Waals surface area contributed by atoms with Gasteiger partial charge in [0, 0.05) is 12.8 Å². The van der Waals surface area contributed by atoms with E-state index in [1.54, 1.807) is 0 Å². The van der Waals surface area contributed by atoms with E-state index in [0.29, 0.717) is 18.1 Å². The fourth-order valence-electron chi connectivity index (χ4n) is 2.32. The first-order valence-electron chi connectivity index (χ1n) is 6.11. The third kappa shape index (κ3) is 3.46. The summed E-state index contributed by atoms with van der Waals surface area (Å²) in [5.41, 5.74) is 1.14. The van der Waals surface area contributed by atoms with E-state index < -0.39 is 0 Å². The molecular weight excluding hydrogens is 198 g/mol. The van der Waals surface area contributed by atoms with Gasteiger partial charge in [0.2, 0.25) is 0 Å². The highest BCUT2D eigenvalue weighted by molar-refractivity contribution is 5.81. The monoisotopic (exact) mass is 217 g/mol. The van der Waals surface area contributed by atoms with Crippen LogP contribution in [0.15, 0.2) is 30.3 Å². The smallest absolute Gasteiger partial charge is 0.137 e. The van der Waals surface area contributed by atoms with Crippen LogP contribution in [0.5, 0.6) is 0 Å². The average Bonchev–Trinajstić information content (AvgIpc) is 2.31. The third-order valence-electron chi connectivity index (χ3n) is 3.16. The average molecular weight is 217 g/mol. The van der Waals surface area contributed by atoms with E-state index in [-0.39, 0.29) is 0 Å². The van der Waals surface area contributed by atoms with Crippen molar-refractivity contribution in [1.82, 2.24) is 5.32 Å². The summed E-state index contributed by atoms with van der Waals surface area (Å²) in [7, 11) is 0. The van der Waals surface area contributed by atoms with Crippen molar-refractivity contribution in [3.05, 3.63) is 35.9 Å². The molecule has 0 aliphatic carbocycles. The Morgan fingerprint density at radius 2 is 2.12 bits per heavy atom. The quantitative estimate of drug-likeness (QED) is 0.837. The lowest BCUT2D eigenvalue weighted by atomic mass is 9.92. The molecule has 16 heavy (non-hydrogen) atoms. The van der Waals surface area contributed by atoms with Gasteiger partial charge in [0.25, 0.3) is 0 Å². The molecule has 1 aromatic carbocycles. The fraction of sp³-hybridized carbons (Fsp3) is 0.500. The number of piperidine rings is 1. The Hall–Kier alpha value is -1.15. The first-order chi connectivity index (χ1) is 7.84. The maximum atomic E-state index is 11.9. The van der Waals surface area contributed by atoms with Gasteiger partial charge < -0.3 is 5.32 Å². The van der Waals surface area contributed by atoms with Crippen LogP contribution < -0.4 is 5.32 Å². The van der Waals surface area contributed by atoms with E-state index in [1.165, 1.54) is 12.8 Å². The van der Waals surface area contributed by atoms with Gasteiger partial charge in [0.15, 0.2) is 0 Å². The van der Waals surface area contributed by atoms with Gasteiger partial charge in [-0.05, 0) is 37.4 Å². The molecule has 1 aliphatic rings. The standard InChI is InChI=1S/C14H19NO/c16-14(9-12-5-2-1-3-6-12)10-13-7-4-8-15-11-13/h1-3,5-6,13,15H,4,7-11H2. The molecule has 0 saturated carbocycles. The molecular formula is C14H19NO. The Morgan fingerprint density at radius 3 is 2.81 bits per heavy atom. The van der Waals surface area contributed by atoms with Gasteiger partial charge in [-0.15, -0.1) is 0 Å². The molecule has 2 rings (SSSR count). The summed E-state index contributed by atoms with van der Waals surface area (Å²) in [4.78, 5) is 11.9. The molecule has 86 valence electrons. The summed E-state index contributed by atoms with van der Waals surface area (Å²) in [5.74, 6) is 0.935. The first-order valence-corrected chi connectivity index (χ1v) is 6.11. The van der Waals surface area contributed by atoms with E-state index in [2.05, 4.69) is 5.32 Å². The van der Waals surface area contributed by atoms with E-state index >= 15 is 0 Å². The molecule has 0 bridgehead atoms. The lowest BCUT2D eigenvalue weighted by molar-refractivity contribution is -0.119. The predicted octanol–water partition coefficient (Wildman–Crippen LogP) is 2.19. The summed E-state index contributed by atoms with van der Waals surface area (Å²) in [6, 6.07) is 10.0. The van der Waals surface area contributed by atoms with Crippen LogP contribution in [0.3, 0.4) is 0 Å². The van der Waals surface area contributed by atoms with Gasteiger partial charge in [-0.2, -0.15) is 0 Å². The zero-order chi connectivity index (χ0) is 11.2. The Morgan fingerprint density at radius 1 is 1.31 bits per heavy atom. The number of carbonyl (C=O) groups excluding carboxylic acids is 1. The highest BCUT2D eigenvalue weighted by atomic mass is 16.1. The van der Waals surface area contributed by atoms with Crippen molar-refractivity contribution in [1.29, 1.82) is 0 Å². The summed E-state index contributed by atoms with van der Waals surface area (Å²) in [6.07, 6.45) is 3.75. The molecule has 0 spiro atoms. The van der Waals surface area contributed by atoms with Gasteiger partial charge in [-0.1, -0.05) is 30.3 Å². The third-order valence-corrected chi connectivity index (χ3v) is 3.16. The topological polar surface area (TPSA) is 29.1 Å². The van der Waals surface area contributed by atoms with Crippen LogP contribution in [0.4, 0.5) is 0 Å². The molecule has 1 aliphatic heterocycles. The van der Waals surface area contributed by atoms with Gasteiger partial charge in [-0.3, -0.25) is 4.79 Å². The Balaban J connectivity index is 1.80. The van der Waals surface area contributed by atoms with Crippen LogP contribution in [0.25, 0.3) is 0 Å². The largest absolute Gasteiger partial charge is 0.316 e. The summed E-state index contributed by atoms with van der Waals surface area (Å²) in [5, 5.41) is 3.35. The minimum absolute atomic E-state index is 0.375. The SMILES string of the molecule is O=C(Cc1ccccc1)CC1CCCNC1. The van der Waals surface area contributed by atoms with Gasteiger partial charge in [-0.25, -0.2) is 0 Å². The van der Waals surface area contributed by atoms with Crippen LogP contribution >= 0.6 is 0 Å². The number of nitrogens with one attached hydrogen (secondary N) is 1. The fourth-order valence-corrected chi connectivity index (χ4v) is 2.32. The van der Waals surface area contributed by atoms with E-state index in [9.17, 15) is 4.79 Å². The second-order valence-corrected chi connectivity index (χ2v) is 4.62. The molecule has 0 aromatic heterocycles. The predicted molar refractivity (Wildman–Crippen MR) is 65.4 cm³/mol. The lowest BCUT2D eigenvalue weighted by Gasteiger charge is -2.21. The van der Waals surface area contributed by atoms with Crippen molar-refractivity contribution in [3.8, 4) is 0 Å². The molecule has 1 N–H and O–H groups in total. The van der Waals surface area contributed by atoms with Crippen LogP contribution in [-0.4, -0.2) is 18.9 Å². The normalized spacial score (nSPS) is 20.6. The van der Waals surface area contributed by atoms with Gasteiger partial charge in [0.1, 0.15) is 5.78 Å². The van der Waals surface area contributed by atoms with E-state index in [0.717, 1.165) is 25.1 Å². The van der Waals surface area contributed by atoms with Crippen LogP contribution in [0.2, 0.25) is 0 Å². The maximum absolute atomic E-state index is 11.9. The molecule has 0 radical (unpaired) electrons. The second kappa shape index (κ2) is 5.80. The maximum Gasteiger partial charge on any atom is 0.137 e. The molecule has 1 fully saturated rings. The number of hydrogen-bond donors (Lipinski definition) is 1. The second-order valence-electron chi connectivity index (χ2n) is 4.62. The number of hydrogen-bond acceptors (Lipinski definition) is 2. The molecule has 2 nitrogen and oxygen atoms in total. The minimum Gasteiger partial charge on any atom is -0.316 e. The highest BCUT2D eigenvalue weighted by Crippen LogP contribution is 2.15. The molecule has 1 saturated heterocycles. The Labute approximate surface area is 97.1 Å². The molecule has 2 heteroatoms. The van der Waals surface area contributed by atoms with Crippen LogP contribution in [-0.2, 0) is 11.2 Å². The summed E-state index contributed by atoms with van der Waals surface area (Å²) >= 11 is 0. The number of ketones is 1. The Bertz CT molecular complexity index is 328. The summed E-state index contributed by atoms with van der Waals surface area (Å²) in [6.45, 7) is 2.13. The molecule has 1 heterocycles. The minimum atomic E-state index is 0.375. The molecule has 1 aromatic rings. The van der Waals surface area contributed by atoms with E-state index in [4.69, 9.17) is 0 Å². The van der Waals surface area contributed by atoms with Crippen molar-refractivity contribution < 1.29 is 4.79 Å². The lowest BCUT2D eigenvalue weighted by Crippen LogP contribution is -2.31. The zero-order valence-electron chi connectivity index (χ0n) is 9.61. The van der Waals surface area contributed by atoms with Gasteiger partial charge in [0.05, 0.1) is 0 Å². The number of rotatable bonds is 4. The highest BCUT2D eigenvalue weighted by Gasteiger charge is 2.16. The van der Waals surface area contributed by atoms with Crippen molar-refractivity contribution in [2.24, 2.45) is 5.92 Å². The first kappa shape index (κ1) is 11.3. The number of Topliss-reactive ketones (excluding diaryl/α,β-unsaturated/α-hetero) is 1. The molecule has 1 unspecified atom stereocenters. The number of benzene rings is 1. The van der Waals surface area contributed by atoms with E-state index in [1.807, 2.05) is 30.3 Å². The van der Waals surface area contributed by atoms with Crippen molar-refractivity contribution in [3.63, 3.8) is 0 Å². The summed E-state index contributed by atoms with van der Waals surface area (Å²) < 4.78 is 0. The van der Waals surface area contributed by atoms with Gasteiger partial charge >= 0.3 is 0 Å². The van der Waals surface area contributed by atoms with Crippen LogP contribution in [0.1, 0.15) is 24.8 Å². The van der Waals surface area contributed by atoms with Crippen molar-refractivity contribution >= 4 is 5.78 Å². The molecule has 0 amide bonds.